The van der Waals surface area contributed by atoms with Gasteiger partial charge >= 0.3 is 0 Å². The van der Waals surface area contributed by atoms with Crippen LogP contribution in [0.15, 0.2) is 30.5 Å². The van der Waals surface area contributed by atoms with Crippen LogP contribution in [0.4, 0.5) is 10.1 Å². The minimum atomic E-state index is -0.433. The summed E-state index contributed by atoms with van der Waals surface area (Å²) in [5, 5.41) is 1.92. The van der Waals surface area contributed by atoms with Crippen LogP contribution in [0.5, 0.6) is 0 Å². The number of fused-ring (bicyclic) bond motifs is 2. The van der Waals surface area contributed by atoms with Gasteiger partial charge < -0.3 is 10.6 Å². The van der Waals surface area contributed by atoms with E-state index in [1.54, 1.807) is 17.4 Å². The summed E-state index contributed by atoms with van der Waals surface area (Å²) in [4.78, 5) is 14.2. The molecule has 1 aliphatic rings. The zero-order valence-electron chi connectivity index (χ0n) is 16.5. The number of nitrogen functional groups attached to an aromatic ring is 1. The molecule has 0 spiro atoms. The molecule has 3 aromatic heterocycles. The fraction of sp³-hybridized carbons (Fsp3) is 0.364. The van der Waals surface area contributed by atoms with Crippen molar-refractivity contribution in [2.75, 3.05) is 18.8 Å². The summed E-state index contributed by atoms with van der Waals surface area (Å²) in [7, 11) is 0. The van der Waals surface area contributed by atoms with Gasteiger partial charge in [0.15, 0.2) is 5.82 Å². The second-order valence-corrected chi connectivity index (χ2v) is 9.77. The van der Waals surface area contributed by atoms with Gasteiger partial charge in [0, 0.05) is 34.0 Å². The Kier molecular flexibility index (Phi) is 4.76. The number of piperidine rings is 1. The lowest BCUT2D eigenvalue weighted by Gasteiger charge is -2.38. The summed E-state index contributed by atoms with van der Waals surface area (Å²) in [6, 6.07) is 8.26. The standard InChI is InChI=1S/C22H23FN4S2/c1-3-27-10-4-5-13(12(27)2)18-11-15-14(8-9-25-21(15)29-18)22-26-20-17(28-22)7-6-16(24)19(20)23/h6-9,11-13H,3-5,10,24H2,1-2H3/t12-,13+/m1/s1. The number of thiazole rings is 1. The number of benzene rings is 1. The first-order valence-corrected chi connectivity index (χ1v) is 11.7. The molecule has 4 nitrogen and oxygen atoms in total. The number of likely N-dealkylation sites (N-methyl/N-ethyl adjacent to an activating group) is 1. The summed E-state index contributed by atoms with van der Waals surface area (Å²) < 4.78 is 15.2. The molecule has 150 valence electrons. The third kappa shape index (κ3) is 3.12. The maximum Gasteiger partial charge on any atom is 0.173 e. The second-order valence-electron chi connectivity index (χ2n) is 7.68. The third-order valence-corrected chi connectivity index (χ3v) is 8.33. The molecule has 5 rings (SSSR count). The van der Waals surface area contributed by atoms with E-state index in [0.29, 0.717) is 17.5 Å². The summed E-state index contributed by atoms with van der Waals surface area (Å²) in [5.41, 5.74) is 7.23. The predicted molar refractivity (Wildman–Crippen MR) is 121 cm³/mol. The molecule has 4 aromatic rings. The second kappa shape index (κ2) is 7.31. The van der Waals surface area contributed by atoms with Gasteiger partial charge in [0.2, 0.25) is 0 Å². The van der Waals surface area contributed by atoms with Gasteiger partial charge in [-0.2, -0.15) is 0 Å². The Bertz CT molecular complexity index is 1200. The molecule has 0 aliphatic carbocycles. The van der Waals surface area contributed by atoms with Crippen molar-refractivity contribution in [2.45, 2.75) is 38.6 Å². The number of anilines is 1. The number of likely N-dealkylation sites (tertiary alicyclic amines) is 1. The average Bonchev–Trinajstić information content (AvgIpc) is 3.35. The van der Waals surface area contributed by atoms with Gasteiger partial charge in [-0.05, 0) is 57.1 Å². The van der Waals surface area contributed by atoms with Crippen molar-refractivity contribution in [3.05, 3.63) is 41.2 Å². The number of pyridine rings is 1. The van der Waals surface area contributed by atoms with Crippen molar-refractivity contribution < 1.29 is 4.39 Å². The van der Waals surface area contributed by atoms with Crippen molar-refractivity contribution in [3.63, 3.8) is 0 Å². The topological polar surface area (TPSA) is 55.0 Å². The smallest absolute Gasteiger partial charge is 0.173 e. The molecule has 0 saturated carbocycles. The monoisotopic (exact) mass is 426 g/mol. The molecule has 0 radical (unpaired) electrons. The first-order valence-electron chi connectivity index (χ1n) is 10.0. The van der Waals surface area contributed by atoms with E-state index in [1.807, 2.05) is 18.3 Å². The van der Waals surface area contributed by atoms with Crippen LogP contribution in [0.3, 0.4) is 0 Å². The molecule has 1 aromatic carbocycles. The molecule has 7 heteroatoms. The van der Waals surface area contributed by atoms with E-state index in [-0.39, 0.29) is 5.69 Å². The van der Waals surface area contributed by atoms with E-state index in [2.05, 4.69) is 34.8 Å². The highest BCUT2D eigenvalue weighted by Crippen LogP contribution is 2.42. The van der Waals surface area contributed by atoms with E-state index >= 15 is 0 Å². The highest BCUT2D eigenvalue weighted by Gasteiger charge is 2.29. The van der Waals surface area contributed by atoms with Gasteiger partial charge in [-0.25, -0.2) is 14.4 Å². The van der Waals surface area contributed by atoms with Crippen molar-refractivity contribution in [1.29, 1.82) is 0 Å². The van der Waals surface area contributed by atoms with Gasteiger partial charge in [-0.3, -0.25) is 0 Å². The van der Waals surface area contributed by atoms with Gasteiger partial charge in [0.05, 0.1) is 10.4 Å². The molecular weight excluding hydrogens is 403 g/mol. The number of nitrogens with two attached hydrogens (primary N) is 1. The minimum absolute atomic E-state index is 0.138. The Morgan fingerprint density at radius 2 is 2.14 bits per heavy atom. The molecule has 29 heavy (non-hydrogen) atoms. The lowest BCUT2D eigenvalue weighted by Crippen LogP contribution is -2.41. The number of rotatable bonds is 3. The van der Waals surface area contributed by atoms with E-state index in [1.165, 1.54) is 35.6 Å². The van der Waals surface area contributed by atoms with Crippen molar-refractivity contribution in [3.8, 4) is 10.6 Å². The minimum Gasteiger partial charge on any atom is -0.396 e. The molecule has 0 unspecified atom stereocenters. The number of aromatic nitrogens is 2. The number of halogens is 1. The number of hydrogen-bond acceptors (Lipinski definition) is 6. The highest BCUT2D eigenvalue weighted by molar-refractivity contribution is 7.22. The number of thiophene rings is 1. The van der Waals surface area contributed by atoms with Crippen molar-refractivity contribution >= 4 is 48.8 Å². The lowest BCUT2D eigenvalue weighted by atomic mass is 9.88. The van der Waals surface area contributed by atoms with E-state index < -0.39 is 5.82 Å². The largest absolute Gasteiger partial charge is 0.396 e. The summed E-state index contributed by atoms with van der Waals surface area (Å²) in [6.45, 7) is 6.85. The van der Waals surface area contributed by atoms with Crippen LogP contribution in [-0.2, 0) is 0 Å². The summed E-state index contributed by atoms with van der Waals surface area (Å²) in [5.74, 6) is 0.0976. The Labute approximate surface area is 177 Å². The highest BCUT2D eigenvalue weighted by atomic mass is 32.1. The molecule has 1 saturated heterocycles. The SMILES string of the molecule is CCN1CCC[C@H](c2cc3c(-c4nc5c(F)c(N)ccc5s4)ccnc3s2)[C@H]1C. The van der Waals surface area contributed by atoms with Crippen LogP contribution in [-0.4, -0.2) is 34.0 Å². The van der Waals surface area contributed by atoms with Crippen LogP contribution in [0.25, 0.3) is 31.0 Å². The first kappa shape index (κ1) is 18.9. The molecule has 2 atom stereocenters. The Morgan fingerprint density at radius 3 is 2.97 bits per heavy atom. The predicted octanol–water partition coefficient (Wildman–Crippen LogP) is 5.88. The van der Waals surface area contributed by atoms with Gasteiger partial charge in [0.1, 0.15) is 15.4 Å². The fourth-order valence-electron chi connectivity index (χ4n) is 4.46. The third-order valence-electron chi connectivity index (χ3n) is 6.10. The Balaban J connectivity index is 1.60. The number of hydrogen-bond donors (Lipinski definition) is 1. The molecule has 2 N–H and O–H groups in total. The average molecular weight is 427 g/mol. The molecule has 1 fully saturated rings. The Morgan fingerprint density at radius 1 is 1.28 bits per heavy atom. The van der Waals surface area contributed by atoms with E-state index in [9.17, 15) is 4.39 Å². The van der Waals surface area contributed by atoms with Gasteiger partial charge in [-0.15, -0.1) is 22.7 Å². The summed E-state index contributed by atoms with van der Waals surface area (Å²) in [6.07, 6.45) is 4.28. The van der Waals surface area contributed by atoms with Crippen LogP contribution in [0.2, 0.25) is 0 Å². The zero-order chi connectivity index (χ0) is 20.1. The maximum absolute atomic E-state index is 14.4. The van der Waals surface area contributed by atoms with Crippen molar-refractivity contribution in [2.24, 2.45) is 0 Å². The van der Waals surface area contributed by atoms with Crippen LogP contribution in [0, 0.1) is 5.82 Å². The lowest BCUT2D eigenvalue weighted by molar-refractivity contribution is 0.148. The first-order chi connectivity index (χ1) is 14.1. The Hall–Kier alpha value is -2.09. The number of nitrogens with zero attached hydrogens (tertiary/aromatic N) is 3. The normalized spacial score (nSPS) is 20.7. The fourth-order valence-corrected chi connectivity index (χ4v) is 6.72. The van der Waals surface area contributed by atoms with Gasteiger partial charge in [0.25, 0.3) is 0 Å². The summed E-state index contributed by atoms with van der Waals surface area (Å²) >= 11 is 3.29. The molecule has 0 bridgehead atoms. The van der Waals surface area contributed by atoms with E-state index in [0.717, 1.165) is 32.0 Å². The van der Waals surface area contributed by atoms with E-state index in [4.69, 9.17) is 5.73 Å². The van der Waals surface area contributed by atoms with Crippen LogP contribution in [0.1, 0.15) is 37.5 Å². The van der Waals surface area contributed by atoms with Crippen molar-refractivity contribution in [1.82, 2.24) is 14.9 Å². The molecule has 0 amide bonds. The molecule has 4 heterocycles. The van der Waals surface area contributed by atoms with Crippen LogP contribution < -0.4 is 5.73 Å². The van der Waals surface area contributed by atoms with Gasteiger partial charge in [-0.1, -0.05) is 6.92 Å². The quantitative estimate of drug-likeness (QED) is 0.416. The molecular formula is C22H23FN4S2. The van der Waals surface area contributed by atoms with Crippen LogP contribution >= 0.6 is 22.7 Å². The zero-order valence-corrected chi connectivity index (χ0v) is 18.1. The maximum atomic E-state index is 14.4. The molecule has 1 aliphatic heterocycles.